The van der Waals surface area contributed by atoms with Gasteiger partial charge in [0.1, 0.15) is 5.78 Å². The summed E-state index contributed by atoms with van der Waals surface area (Å²) < 4.78 is 1.90. The molecule has 0 aliphatic heterocycles. The van der Waals surface area contributed by atoms with Crippen molar-refractivity contribution >= 4 is 5.78 Å². The summed E-state index contributed by atoms with van der Waals surface area (Å²) >= 11 is 0. The Kier molecular flexibility index (Phi) is 3.26. The lowest BCUT2D eigenvalue weighted by atomic mass is 9.88. The van der Waals surface area contributed by atoms with Gasteiger partial charge in [0.05, 0.1) is 0 Å². The van der Waals surface area contributed by atoms with Gasteiger partial charge in [-0.15, -0.1) is 5.10 Å². The topological polar surface area (TPSA) is 60.7 Å². The van der Waals surface area contributed by atoms with Crippen molar-refractivity contribution in [3.8, 4) is 0 Å². The van der Waals surface area contributed by atoms with E-state index >= 15 is 0 Å². The first-order valence-electron chi connectivity index (χ1n) is 6.25. The van der Waals surface area contributed by atoms with E-state index in [1.54, 1.807) is 0 Å². The first-order valence-corrected chi connectivity index (χ1v) is 6.25. The maximum Gasteiger partial charge on any atom is 0.156 e. The van der Waals surface area contributed by atoms with Crippen LogP contribution >= 0.6 is 0 Å². The molecule has 1 saturated carbocycles. The van der Waals surface area contributed by atoms with Gasteiger partial charge in [0.2, 0.25) is 0 Å². The second kappa shape index (κ2) is 4.55. The summed E-state index contributed by atoms with van der Waals surface area (Å²) in [6.07, 6.45) is 3.39. The number of nitrogens with zero attached hydrogens (tertiary/aromatic N) is 4. The minimum Gasteiger partial charge on any atom is -0.300 e. The number of tetrazole rings is 1. The molecule has 0 bridgehead atoms. The molecule has 5 nitrogen and oxygen atoms in total. The largest absolute Gasteiger partial charge is 0.300 e. The van der Waals surface area contributed by atoms with E-state index in [4.69, 9.17) is 0 Å². The lowest BCUT2D eigenvalue weighted by molar-refractivity contribution is -0.121. The first-order chi connectivity index (χ1) is 7.97. The van der Waals surface area contributed by atoms with Gasteiger partial charge in [0, 0.05) is 24.8 Å². The smallest absolute Gasteiger partial charge is 0.156 e. The molecule has 2 rings (SSSR count). The fraction of sp³-hybridized carbons (Fsp3) is 0.833. The van der Waals surface area contributed by atoms with E-state index in [0.29, 0.717) is 11.7 Å². The van der Waals surface area contributed by atoms with Gasteiger partial charge in [0.15, 0.2) is 5.82 Å². The molecule has 1 aromatic rings. The molecule has 0 saturated heterocycles. The van der Waals surface area contributed by atoms with Gasteiger partial charge in [-0.25, -0.2) is 4.68 Å². The zero-order valence-corrected chi connectivity index (χ0v) is 10.8. The van der Waals surface area contributed by atoms with E-state index in [9.17, 15) is 4.79 Å². The molecule has 0 N–H and O–H groups in total. The van der Waals surface area contributed by atoms with Crippen molar-refractivity contribution in [1.29, 1.82) is 0 Å². The first kappa shape index (κ1) is 12.2. The summed E-state index contributed by atoms with van der Waals surface area (Å²) in [5.74, 6) is 1.86. The third-order valence-electron chi connectivity index (χ3n) is 3.30. The number of rotatable bonds is 2. The van der Waals surface area contributed by atoms with Crippen LogP contribution in [0.15, 0.2) is 0 Å². The number of carbonyl (C=O) groups excluding carboxylic acids is 1. The average Bonchev–Trinajstić information content (AvgIpc) is 2.69. The van der Waals surface area contributed by atoms with Gasteiger partial charge in [0.25, 0.3) is 0 Å². The van der Waals surface area contributed by atoms with Crippen LogP contribution in [0.2, 0.25) is 0 Å². The Morgan fingerprint density at radius 2 is 1.94 bits per heavy atom. The van der Waals surface area contributed by atoms with Crippen LogP contribution in [0.5, 0.6) is 0 Å². The number of carbonyl (C=O) groups is 1. The molecule has 1 fully saturated rings. The van der Waals surface area contributed by atoms with Crippen LogP contribution in [0.1, 0.15) is 52.3 Å². The average molecular weight is 236 g/mol. The van der Waals surface area contributed by atoms with Gasteiger partial charge < -0.3 is 0 Å². The molecule has 5 heteroatoms. The summed E-state index contributed by atoms with van der Waals surface area (Å²) in [7, 11) is 0. The Morgan fingerprint density at radius 3 is 2.53 bits per heavy atom. The molecule has 17 heavy (non-hydrogen) atoms. The monoisotopic (exact) mass is 236 g/mol. The lowest BCUT2D eigenvalue weighted by Gasteiger charge is -2.23. The number of hydrogen-bond acceptors (Lipinski definition) is 4. The van der Waals surface area contributed by atoms with Crippen molar-refractivity contribution in [2.45, 2.75) is 58.4 Å². The van der Waals surface area contributed by atoms with Gasteiger partial charge >= 0.3 is 0 Å². The third-order valence-corrected chi connectivity index (χ3v) is 3.30. The highest BCUT2D eigenvalue weighted by molar-refractivity contribution is 5.78. The van der Waals surface area contributed by atoms with E-state index < -0.39 is 0 Å². The Labute approximate surface area is 102 Å². The summed E-state index contributed by atoms with van der Waals surface area (Å²) in [5.41, 5.74) is -0.0337. The van der Waals surface area contributed by atoms with Crippen LogP contribution in [-0.4, -0.2) is 26.0 Å². The minimum absolute atomic E-state index is 0.0337. The molecule has 0 atom stereocenters. The van der Waals surface area contributed by atoms with E-state index in [0.717, 1.165) is 38.1 Å². The summed E-state index contributed by atoms with van der Waals surface area (Å²) in [4.78, 5) is 11.2. The van der Waals surface area contributed by atoms with Gasteiger partial charge in [-0.3, -0.25) is 4.79 Å². The number of aromatic nitrogens is 4. The Balaban J connectivity index is 2.04. The SMILES string of the molecule is CC(C)(C)c1nnnn1CC1CCC(=O)CC1. The maximum absolute atomic E-state index is 11.2. The van der Waals surface area contributed by atoms with Crippen LogP contribution in [0.25, 0.3) is 0 Å². The van der Waals surface area contributed by atoms with Crippen LogP contribution in [0.3, 0.4) is 0 Å². The summed E-state index contributed by atoms with van der Waals surface area (Å²) in [6, 6.07) is 0. The molecule has 1 aliphatic carbocycles. The van der Waals surface area contributed by atoms with E-state index in [-0.39, 0.29) is 5.41 Å². The van der Waals surface area contributed by atoms with Crippen LogP contribution in [-0.2, 0) is 16.8 Å². The van der Waals surface area contributed by atoms with Gasteiger partial charge in [-0.1, -0.05) is 20.8 Å². The normalized spacial score (nSPS) is 18.6. The number of Topliss-reactive ketones (excluding diaryl/α,β-unsaturated/α-hetero) is 1. The molecule has 1 aliphatic rings. The highest BCUT2D eigenvalue weighted by Crippen LogP contribution is 2.25. The Hall–Kier alpha value is -1.26. The third kappa shape index (κ3) is 2.90. The van der Waals surface area contributed by atoms with Crippen LogP contribution < -0.4 is 0 Å². The zero-order chi connectivity index (χ0) is 12.5. The molecule has 0 unspecified atom stereocenters. The van der Waals surface area contributed by atoms with E-state index in [1.165, 1.54) is 0 Å². The number of ketones is 1. The second-order valence-corrected chi connectivity index (χ2v) is 5.92. The van der Waals surface area contributed by atoms with Crippen molar-refractivity contribution in [2.24, 2.45) is 5.92 Å². The molecule has 1 heterocycles. The zero-order valence-electron chi connectivity index (χ0n) is 10.8. The molecule has 0 radical (unpaired) electrons. The van der Waals surface area contributed by atoms with Gasteiger partial charge in [-0.05, 0) is 29.2 Å². The fourth-order valence-corrected chi connectivity index (χ4v) is 2.29. The quantitative estimate of drug-likeness (QED) is 0.784. The highest BCUT2D eigenvalue weighted by Gasteiger charge is 2.25. The molecule has 0 aromatic carbocycles. The molecule has 1 aromatic heterocycles. The summed E-state index contributed by atoms with van der Waals surface area (Å²) in [5, 5.41) is 11.9. The summed E-state index contributed by atoms with van der Waals surface area (Å²) in [6.45, 7) is 7.17. The number of hydrogen-bond donors (Lipinski definition) is 0. The molecular formula is C12H20N4O. The van der Waals surface area contributed by atoms with E-state index in [2.05, 4.69) is 36.3 Å². The lowest BCUT2D eigenvalue weighted by Crippen LogP contribution is -2.25. The molecule has 0 amide bonds. The van der Waals surface area contributed by atoms with Crippen molar-refractivity contribution < 1.29 is 4.79 Å². The van der Waals surface area contributed by atoms with E-state index in [1.807, 2.05) is 4.68 Å². The van der Waals surface area contributed by atoms with Crippen molar-refractivity contribution in [2.75, 3.05) is 0 Å². The standard InChI is InChI=1S/C12H20N4O/c1-12(2,3)11-13-14-15-16(11)8-9-4-6-10(17)7-5-9/h9H,4-8H2,1-3H3. The minimum atomic E-state index is -0.0337. The van der Waals surface area contributed by atoms with Crippen LogP contribution in [0, 0.1) is 5.92 Å². The Bertz CT molecular complexity index is 395. The molecule has 0 spiro atoms. The van der Waals surface area contributed by atoms with Crippen molar-refractivity contribution in [3.05, 3.63) is 5.82 Å². The highest BCUT2D eigenvalue weighted by atomic mass is 16.1. The van der Waals surface area contributed by atoms with Crippen molar-refractivity contribution in [1.82, 2.24) is 20.2 Å². The second-order valence-electron chi connectivity index (χ2n) is 5.92. The fourth-order valence-electron chi connectivity index (χ4n) is 2.29. The predicted molar refractivity (Wildman–Crippen MR) is 63.5 cm³/mol. The molecular weight excluding hydrogens is 216 g/mol. The predicted octanol–water partition coefficient (Wildman–Crippen LogP) is 1.73. The van der Waals surface area contributed by atoms with Gasteiger partial charge in [-0.2, -0.15) is 0 Å². The van der Waals surface area contributed by atoms with Crippen LogP contribution in [0.4, 0.5) is 0 Å². The maximum atomic E-state index is 11.2. The van der Waals surface area contributed by atoms with Crippen molar-refractivity contribution in [3.63, 3.8) is 0 Å². The molecule has 94 valence electrons. The Morgan fingerprint density at radius 1 is 1.29 bits per heavy atom.